The van der Waals surface area contributed by atoms with Crippen molar-refractivity contribution in [3.63, 3.8) is 0 Å². The zero-order chi connectivity index (χ0) is 19.5. The predicted molar refractivity (Wildman–Crippen MR) is 109 cm³/mol. The highest BCUT2D eigenvalue weighted by atomic mass is 19.1. The molecule has 1 aromatic heterocycles. The van der Waals surface area contributed by atoms with Gasteiger partial charge in [0, 0.05) is 49.8 Å². The van der Waals surface area contributed by atoms with Crippen LogP contribution in [-0.4, -0.2) is 42.0 Å². The summed E-state index contributed by atoms with van der Waals surface area (Å²) in [5, 5.41) is 0. The summed E-state index contributed by atoms with van der Waals surface area (Å²) in [6, 6.07) is 15.9. The van der Waals surface area contributed by atoms with Gasteiger partial charge in [-0.15, -0.1) is 0 Å². The highest BCUT2D eigenvalue weighted by molar-refractivity contribution is 5.95. The van der Waals surface area contributed by atoms with Crippen LogP contribution in [0.5, 0.6) is 0 Å². The largest absolute Gasteiger partial charge is 0.368 e. The van der Waals surface area contributed by atoms with Crippen molar-refractivity contribution in [1.82, 2.24) is 9.88 Å². The van der Waals surface area contributed by atoms with Crippen LogP contribution < -0.4 is 4.90 Å². The van der Waals surface area contributed by atoms with E-state index in [0.29, 0.717) is 18.7 Å². The summed E-state index contributed by atoms with van der Waals surface area (Å²) >= 11 is 0. The van der Waals surface area contributed by atoms with E-state index in [1.165, 1.54) is 17.8 Å². The van der Waals surface area contributed by atoms with Crippen LogP contribution in [0.3, 0.4) is 0 Å². The second-order valence-corrected chi connectivity index (χ2v) is 7.03. The summed E-state index contributed by atoms with van der Waals surface area (Å²) in [6.07, 6.45) is 3.67. The molecule has 3 aromatic rings. The Labute approximate surface area is 164 Å². The van der Waals surface area contributed by atoms with E-state index >= 15 is 0 Å². The summed E-state index contributed by atoms with van der Waals surface area (Å²) < 4.78 is 13.5. The van der Waals surface area contributed by atoms with Crippen molar-refractivity contribution in [3.8, 4) is 11.1 Å². The van der Waals surface area contributed by atoms with Crippen molar-refractivity contribution in [1.29, 1.82) is 0 Å². The standard InChI is InChI=1S/C23H22FN3O/c1-17-16-25-9-8-22(17)26-10-12-27(13-11-26)23(28)20-6-2-4-18(14-20)19-5-3-7-21(24)15-19/h2-9,14-16H,10-13H2,1H3. The molecule has 0 aliphatic carbocycles. The number of rotatable bonds is 3. The number of amides is 1. The molecule has 0 saturated carbocycles. The van der Waals surface area contributed by atoms with Crippen LogP contribution in [0, 0.1) is 12.7 Å². The number of carbonyl (C=O) groups is 1. The molecule has 0 N–H and O–H groups in total. The average molecular weight is 375 g/mol. The van der Waals surface area contributed by atoms with Gasteiger partial charge in [0.15, 0.2) is 0 Å². The molecular formula is C23H22FN3O. The Bertz CT molecular complexity index is 996. The summed E-state index contributed by atoms with van der Waals surface area (Å²) in [7, 11) is 0. The van der Waals surface area contributed by atoms with Gasteiger partial charge in [-0.1, -0.05) is 24.3 Å². The molecule has 1 amide bonds. The number of aromatic nitrogens is 1. The number of nitrogens with zero attached hydrogens (tertiary/aromatic N) is 3. The van der Waals surface area contributed by atoms with Crippen molar-refractivity contribution in [3.05, 3.63) is 83.9 Å². The second-order valence-electron chi connectivity index (χ2n) is 7.03. The van der Waals surface area contributed by atoms with Crippen LogP contribution in [0.25, 0.3) is 11.1 Å². The van der Waals surface area contributed by atoms with Crippen LogP contribution in [0.2, 0.25) is 0 Å². The first-order valence-corrected chi connectivity index (χ1v) is 9.43. The van der Waals surface area contributed by atoms with Crippen molar-refractivity contribution in [2.45, 2.75) is 6.92 Å². The van der Waals surface area contributed by atoms with Gasteiger partial charge in [-0.25, -0.2) is 4.39 Å². The molecule has 0 radical (unpaired) electrons. The molecule has 28 heavy (non-hydrogen) atoms. The molecule has 2 aromatic carbocycles. The van der Waals surface area contributed by atoms with Gasteiger partial charge < -0.3 is 9.80 Å². The monoisotopic (exact) mass is 375 g/mol. The third-order valence-corrected chi connectivity index (χ3v) is 5.17. The van der Waals surface area contributed by atoms with Gasteiger partial charge >= 0.3 is 0 Å². The number of pyridine rings is 1. The minimum Gasteiger partial charge on any atom is -0.368 e. The van der Waals surface area contributed by atoms with E-state index in [4.69, 9.17) is 0 Å². The molecule has 5 heteroatoms. The molecule has 142 valence electrons. The first kappa shape index (κ1) is 18.2. The van der Waals surface area contributed by atoms with Crippen LogP contribution in [-0.2, 0) is 0 Å². The van der Waals surface area contributed by atoms with E-state index < -0.39 is 0 Å². The van der Waals surface area contributed by atoms with Crippen molar-refractivity contribution >= 4 is 11.6 Å². The quantitative estimate of drug-likeness (QED) is 0.690. The van der Waals surface area contributed by atoms with Crippen molar-refractivity contribution in [2.24, 2.45) is 0 Å². The number of anilines is 1. The number of halogens is 1. The average Bonchev–Trinajstić information content (AvgIpc) is 2.74. The highest BCUT2D eigenvalue weighted by Gasteiger charge is 2.23. The lowest BCUT2D eigenvalue weighted by atomic mass is 10.0. The zero-order valence-electron chi connectivity index (χ0n) is 15.8. The van der Waals surface area contributed by atoms with Crippen LogP contribution in [0.1, 0.15) is 15.9 Å². The van der Waals surface area contributed by atoms with Gasteiger partial charge in [-0.3, -0.25) is 9.78 Å². The topological polar surface area (TPSA) is 36.4 Å². The van der Waals surface area contributed by atoms with E-state index in [0.717, 1.165) is 29.8 Å². The van der Waals surface area contributed by atoms with Gasteiger partial charge in [-0.05, 0) is 53.9 Å². The molecule has 4 nitrogen and oxygen atoms in total. The Morgan fingerprint density at radius 3 is 2.39 bits per heavy atom. The number of carbonyl (C=O) groups excluding carboxylic acids is 1. The molecule has 0 bridgehead atoms. The fourth-order valence-corrected chi connectivity index (χ4v) is 3.65. The Balaban J connectivity index is 1.47. The summed E-state index contributed by atoms with van der Waals surface area (Å²) in [5.41, 5.74) is 4.57. The van der Waals surface area contributed by atoms with Gasteiger partial charge in [0.2, 0.25) is 0 Å². The van der Waals surface area contributed by atoms with E-state index in [2.05, 4.69) is 16.8 Å². The van der Waals surface area contributed by atoms with Gasteiger partial charge in [0.1, 0.15) is 5.82 Å². The van der Waals surface area contributed by atoms with Gasteiger partial charge in [0.05, 0.1) is 0 Å². The maximum absolute atomic E-state index is 13.5. The predicted octanol–water partition coefficient (Wildman–Crippen LogP) is 4.16. The number of aryl methyl sites for hydroxylation is 1. The van der Waals surface area contributed by atoms with Crippen LogP contribution in [0.15, 0.2) is 67.0 Å². The fourth-order valence-electron chi connectivity index (χ4n) is 3.65. The fraction of sp³-hybridized carbons (Fsp3) is 0.217. The minimum atomic E-state index is -0.281. The number of hydrogen-bond acceptors (Lipinski definition) is 3. The summed E-state index contributed by atoms with van der Waals surface area (Å²) in [4.78, 5) is 21.3. The lowest BCUT2D eigenvalue weighted by molar-refractivity contribution is 0.0747. The van der Waals surface area contributed by atoms with E-state index in [1.54, 1.807) is 12.3 Å². The Hall–Kier alpha value is -3.21. The highest BCUT2D eigenvalue weighted by Crippen LogP contribution is 2.23. The van der Waals surface area contributed by atoms with Crippen molar-refractivity contribution < 1.29 is 9.18 Å². The molecule has 1 saturated heterocycles. The Morgan fingerprint density at radius 1 is 0.964 bits per heavy atom. The SMILES string of the molecule is Cc1cnccc1N1CCN(C(=O)c2cccc(-c3cccc(F)c3)c2)CC1. The molecule has 0 spiro atoms. The van der Waals surface area contributed by atoms with Crippen molar-refractivity contribution in [2.75, 3.05) is 31.1 Å². The van der Waals surface area contributed by atoms with Gasteiger partial charge in [0.25, 0.3) is 5.91 Å². The third-order valence-electron chi connectivity index (χ3n) is 5.17. The molecule has 1 aliphatic heterocycles. The first-order chi connectivity index (χ1) is 13.6. The lowest BCUT2D eigenvalue weighted by Crippen LogP contribution is -2.49. The number of hydrogen-bond donors (Lipinski definition) is 0. The maximum atomic E-state index is 13.5. The normalized spacial score (nSPS) is 14.2. The van der Waals surface area contributed by atoms with E-state index in [9.17, 15) is 9.18 Å². The third kappa shape index (κ3) is 3.74. The number of piperazine rings is 1. The zero-order valence-corrected chi connectivity index (χ0v) is 15.8. The number of benzene rings is 2. The van der Waals surface area contributed by atoms with Crippen LogP contribution >= 0.6 is 0 Å². The second kappa shape index (κ2) is 7.80. The molecule has 4 rings (SSSR count). The molecule has 1 fully saturated rings. The summed E-state index contributed by atoms with van der Waals surface area (Å²) in [5.74, 6) is -0.263. The lowest BCUT2D eigenvalue weighted by Gasteiger charge is -2.36. The first-order valence-electron chi connectivity index (χ1n) is 9.43. The smallest absolute Gasteiger partial charge is 0.253 e. The molecule has 0 atom stereocenters. The van der Waals surface area contributed by atoms with E-state index in [-0.39, 0.29) is 11.7 Å². The summed E-state index contributed by atoms with van der Waals surface area (Å²) in [6.45, 7) is 4.98. The minimum absolute atomic E-state index is 0.0179. The van der Waals surface area contributed by atoms with E-state index in [1.807, 2.05) is 47.5 Å². The molecule has 1 aliphatic rings. The van der Waals surface area contributed by atoms with Crippen LogP contribution in [0.4, 0.5) is 10.1 Å². The van der Waals surface area contributed by atoms with Gasteiger partial charge in [-0.2, -0.15) is 0 Å². The Morgan fingerprint density at radius 2 is 1.68 bits per heavy atom. The molecule has 2 heterocycles. The molecule has 0 unspecified atom stereocenters. The maximum Gasteiger partial charge on any atom is 0.253 e. The molecular weight excluding hydrogens is 353 g/mol. The Kier molecular flexibility index (Phi) is 5.06.